The lowest BCUT2D eigenvalue weighted by atomic mass is 10.3. The Morgan fingerprint density at radius 2 is 1.81 bits per heavy atom. The van der Waals surface area contributed by atoms with Crippen molar-refractivity contribution in [3.63, 3.8) is 0 Å². The summed E-state index contributed by atoms with van der Waals surface area (Å²) in [4.78, 5) is 40.2. The van der Waals surface area contributed by atoms with Crippen molar-refractivity contribution in [1.29, 1.82) is 0 Å². The van der Waals surface area contributed by atoms with E-state index >= 15 is 0 Å². The number of nitrogens with one attached hydrogen (secondary N) is 2. The molecule has 3 heterocycles. The van der Waals surface area contributed by atoms with Crippen LogP contribution in [0.1, 0.15) is 0 Å². The number of nitrogens with zero attached hydrogens (tertiary/aromatic N) is 5. The van der Waals surface area contributed by atoms with Gasteiger partial charge in [-0.05, 0) is 18.2 Å². The lowest BCUT2D eigenvalue weighted by Gasteiger charge is -2.34. The number of pyridine rings is 1. The van der Waals surface area contributed by atoms with Crippen LogP contribution < -0.4 is 15.5 Å². The number of hydrogen-bond acceptors (Lipinski definition) is 6. The van der Waals surface area contributed by atoms with Crippen molar-refractivity contribution in [3.05, 3.63) is 41.8 Å². The van der Waals surface area contributed by atoms with E-state index in [0.717, 1.165) is 0 Å². The number of piperazine rings is 1. The van der Waals surface area contributed by atoms with E-state index in [-0.39, 0.29) is 18.5 Å². The number of urea groups is 1. The molecule has 2 N–H and O–H groups in total. The normalized spacial score (nSPS) is 14.0. The van der Waals surface area contributed by atoms with Gasteiger partial charge in [-0.1, -0.05) is 11.6 Å². The van der Waals surface area contributed by atoms with E-state index in [9.17, 15) is 9.59 Å². The molecule has 2 aromatic rings. The van der Waals surface area contributed by atoms with Crippen LogP contribution in [0.25, 0.3) is 0 Å². The highest BCUT2D eigenvalue weighted by molar-refractivity contribution is 6.30. The number of amides is 3. The highest BCUT2D eigenvalue weighted by atomic mass is 35.5. The van der Waals surface area contributed by atoms with Crippen molar-refractivity contribution >= 4 is 35.3 Å². The van der Waals surface area contributed by atoms with Crippen LogP contribution in [-0.2, 0) is 4.79 Å². The molecular weight excluding hydrogens is 358 g/mol. The zero-order valence-electron chi connectivity index (χ0n) is 13.9. The Morgan fingerprint density at radius 1 is 1.08 bits per heavy atom. The van der Waals surface area contributed by atoms with Crippen LogP contribution in [0.2, 0.25) is 5.02 Å². The number of halogens is 1. The molecule has 2 aromatic heterocycles. The van der Waals surface area contributed by atoms with Crippen LogP contribution in [0.3, 0.4) is 0 Å². The average Bonchev–Trinajstić information content (AvgIpc) is 2.67. The molecule has 9 nitrogen and oxygen atoms in total. The average molecular weight is 376 g/mol. The molecule has 0 aromatic carbocycles. The van der Waals surface area contributed by atoms with Gasteiger partial charge in [0.2, 0.25) is 11.9 Å². The minimum atomic E-state index is -0.371. The van der Waals surface area contributed by atoms with Crippen molar-refractivity contribution in [2.45, 2.75) is 0 Å². The predicted octanol–water partition coefficient (Wildman–Crippen LogP) is 0.995. The van der Waals surface area contributed by atoms with Gasteiger partial charge in [0.25, 0.3) is 0 Å². The van der Waals surface area contributed by atoms with E-state index in [0.29, 0.717) is 43.0 Å². The summed E-state index contributed by atoms with van der Waals surface area (Å²) >= 11 is 5.83. The van der Waals surface area contributed by atoms with Gasteiger partial charge in [-0.15, -0.1) is 0 Å². The molecule has 0 radical (unpaired) electrons. The molecule has 0 spiro atoms. The van der Waals surface area contributed by atoms with Crippen LogP contribution in [0, 0.1) is 0 Å². The third-order valence-electron chi connectivity index (χ3n) is 3.79. The summed E-state index contributed by atoms with van der Waals surface area (Å²) in [7, 11) is 0. The monoisotopic (exact) mass is 375 g/mol. The van der Waals surface area contributed by atoms with Gasteiger partial charge in [0.05, 0.1) is 6.54 Å². The molecule has 1 saturated heterocycles. The van der Waals surface area contributed by atoms with Gasteiger partial charge in [0.15, 0.2) is 0 Å². The molecule has 1 aliphatic heterocycles. The number of rotatable bonds is 4. The zero-order valence-corrected chi connectivity index (χ0v) is 14.7. The summed E-state index contributed by atoms with van der Waals surface area (Å²) < 4.78 is 0. The molecule has 3 rings (SSSR count). The van der Waals surface area contributed by atoms with Gasteiger partial charge in [0.1, 0.15) is 5.82 Å². The van der Waals surface area contributed by atoms with Crippen molar-refractivity contribution in [1.82, 2.24) is 25.2 Å². The molecule has 0 unspecified atom stereocenters. The summed E-state index contributed by atoms with van der Waals surface area (Å²) in [6.07, 6.45) is 4.87. The van der Waals surface area contributed by atoms with Crippen molar-refractivity contribution in [2.75, 3.05) is 42.9 Å². The topological polar surface area (TPSA) is 103 Å². The number of carbonyl (C=O) groups is 2. The Balaban J connectivity index is 1.42. The van der Waals surface area contributed by atoms with Crippen LogP contribution in [0.4, 0.5) is 16.6 Å². The van der Waals surface area contributed by atoms with E-state index in [1.807, 2.05) is 4.90 Å². The Bertz CT molecular complexity index is 766. The molecular formula is C16H18ClN7O2. The predicted molar refractivity (Wildman–Crippen MR) is 97.1 cm³/mol. The second kappa shape index (κ2) is 8.43. The Hall–Kier alpha value is -2.94. The summed E-state index contributed by atoms with van der Waals surface area (Å²) in [6.45, 7) is 2.18. The fourth-order valence-electron chi connectivity index (χ4n) is 2.49. The molecule has 26 heavy (non-hydrogen) atoms. The highest BCUT2D eigenvalue weighted by Gasteiger charge is 2.22. The summed E-state index contributed by atoms with van der Waals surface area (Å²) in [5.74, 6) is 0.624. The maximum absolute atomic E-state index is 12.2. The molecule has 0 saturated carbocycles. The van der Waals surface area contributed by atoms with Crippen LogP contribution in [0.15, 0.2) is 36.8 Å². The fourth-order valence-corrected chi connectivity index (χ4v) is 2.65. The standard InChI is InChI=1S/C16H18ClN7O2/c17-12-2-5-18-13(10-12)22-14(25)11-21-16(26)24-8-6-23(7-9-24)15-19-3-1-4-20-15/h1-5,10H,6-9,11H2,(H,21,26)(H,18,22,25). The lowest BCUT2D eigenvalue weighted by molar-refractivity contribution is -0.115. The smallest absolute Gasteiger partial charge is 0.317 e. The Kier molecular flexibility index (Phi) is 5.80. The van der Waals surface area contributed by atoms with Crippen LogP contribution >= 0.6 is 11.6 Å². The highest BCUT2D eigenvalue weighted by Crippen LogP contribution is 2.11. The summed E-state index contributed by atoms with van der Waals surface area (Å²) in [5.41, 5.74) is 0. The van der Waals surface area contributed by atoms with Crippen LogP contribution in [0.5, 0.6) is 0 Å². The van der Waals surface area contributed by atoms with E-state index in [4.69, 9.17) is 11.6 Å². The minimum absolute atomic E-state index is 0.144. The first kappa shape index (κ1) is 17.9. The first-order valence-electron chi connectivity index (χ1n) is 8.08. The van der Waals surface area contributed by atoms with Gasteiger partial charge in [-0.2, -0.15) is 0 Å². The molecule has 0 aliphatic carbocycles. The molecule has 136 valence electrons. The zero-order chi connectivity index (χ0) is 18.4. The van der Waals surface area contributed by atoms with Gasteiger partial charge >= 0.3 is 6.03 Å². The van der Waals surface area contributed by atoms with E-state index in [2.05, 4.69) is 25.6 Å². The minimum Gasteiger partial charge on any atom is -0.337 e. The fraction of sp³-hybridized carbons (Fsp3) is 0.312. The largest absolute Gasteiger partial charge is 0.337 e. The number of anilines is 2. The van der Waals surface area contributed by atoms with Crippen molar-refractivity contribution in [2.24, 2.45) is 0 Å². The van der Waals surface area contributed by atoms with Gasteiger partial charge in [0, 0.05) is 49.8 Å². The maximum atomic E-state index is 12.2. The number of hydrogen-bond donors (Lipinski definition) is 2. The molecule has 1 aliphatic rings. The lowest BCUT2D eigenvalue weighted by Crippen LogP contribution is -2.53. The van der Waals surface area contributed by atoms with Gasteiger partial charge in [-0.25, -0.2) is 19.7 Å². The second-order valence-corrected chi connectivity index (χ2v) is 6.03. The summed E-state index contributed by atoms with van der Waals surface area (Å²) in [5, 5.41) is 5.65. The third-order valence-corrected chi connectivity index (χ3v) is 4.03. The van der Waals surface area contributed by atoms with Crippen molar-refractivity contribution < 1.29 is 9.59 Å². The van der Waals surface area contributed by atoms with Gasteiger partial charge < -0.3 is 20.4 Å². The molecule has 0 atom stereocenters. The first-order valence-corrected chi connectivity index (χ1v) is 8.46. The quantitative estimate of drug-likeness (QED) is 0.826. The SMILES string of the molecule is O=C(CNC(=O)N1CCN(c2ncccn2)CC1)Nc1cc(Cl)ccn1. The third kappa shape index (κ3) is 4.79. The Morgan fingerprint density at radius 3 is 2.50 bits per heavy atom. The molecule has 0 bridgehead atoms. The molecule has 3 amide bonds. The first-order chi connectivity index (χ1) is 12.6. The van der Waals surface area contributed by atoms with Crippen LogP contribution in [-0.4, -0.2) is 64.5 Å². The summed E-state index contributed by atoms with van der Waals surface area (Å²) in [6, 6.07) is 4.62. The Labute approximate surface area is 155 Å². The van der Waals surface area contributed by atoms with Crippen molar-refractivity contribution in [3.8, 4) is 0 Å². The van der Waals surface area contributed by atoms with E-state index < -0.39 is 0 Å². The van der Waals surface area contributed by atoms with E-state index in [1.54, 1.807) is 29.4 Å². The maximum Gasteiger partial charge on any atom is 0.317 e. The second-order valence-electron chi connectivity index (χ2n) is 5.59. The number of carbonyl (C=O) groups excluding carboxylic acids is 2. The van der Waals surface area contributed by atoms with E-state index in [1.165, 1.54) is 12.3 Å². The van der Waals surface area contributed by atoms with Gasteiger partial charge in [-0.3, -0.25) is 4.79 Å². The molecule has 10 heteroatoms. The molecule has 1 fully saturated rings. The number of aromatic nitrogens is 3.